The van der Waals surface area contributed by atoms with Crippen LogP contribution in [-0.4, -0.2) is 9.78 Å². The van der Waals surface area contributed by atoms with Crippen molar-refractivity contribution >= 4 is 0 Å². The van der Waals surface area contributed by atoms with Gasteiger partial charge in [-0.3, -0.25) is 4.68 Å². The maximum atomic E-state index is 13.1. The molecule has 28 heavy (non-hydrogen) atoms. The van der Waals surface area contributed by atoms with Gasteiger partial charge in [-0.05, 0) is 36.2 Å². The first-order valence-electron chi connectivity index (χ1n) is 9.43. The molecule has 1 heterocycles. The highest BCUT2D eigenvalue weighted by molar-refractivity contribution is 5.34. The summed E-state index contributed by atoms with van der Waals surface area (Å²) in [6, 6.07) is 17.6. The van der Waals surface area contributed by atoms with Crippen molar-refractivity contribution in [3.05, 3.63) is 77.6 Å². The Morgan fingerprint density at radius 2 is 1.71 bits per heavy atom. The molecule has 0 amide bonds. The highest BCUT2D eigenvalue weighted by atomic mass is 19.3. The Balaban J connectivity index is 1.68. The Morgan fingerprint density at radius 1 is 1.04 bits per heavy atom. The minimum absolute atomic E-state index is 0.0708. The van der Waals surface area contributed by atoms with Crippen LogP contribution in [0.15, 0.2) is 60.8 Å². The van der Waals surface area contributed by atoms with Gasteiger partial charge in [-0.25, -0.2) is 8.78 Å². The number of aryl methyl sites for hydroxylation is 1. The normalized spacial score (nSPS) is 12.3. The fourth-order valence-electron chi connectivity index (χ4n) is 3.18. The van der Waals surface area contributed by atoms with Gasteiger partial charge in [0.2, 0.25) is 0 Å². The van der Waals surface area contributed by atoms with Crippen LogP contribution in [0.25, 0.3) is 0 Å². The number of para-hydroxylation sites is 1. The summed E-state index contributed by atoms with van der Waals surface area (Å²) in [6.45, 7) is 2.46. The quantitative estimate of drug-likeness (QED) is 0.507. The highest BCUT2D eigenvalue weighted by Gasteiger charge is 2.19. The third-order valence-electron chi connectivity index (χ3n) is 4.52. The van der Waals surface area contributed by atoms with Gasteiger partial charge >= 0.3 is 0 Å². The Morgan fingerprint density at radius 3 is 2.36 bits per heavy atom. The molecule has 0 spiro atoms. The lowest BCUT2D eigenvalue weighted by atomic mass is 10.0. The number of nitrogens with zero attached hydrogens (tertiary/aromatic N) is 2. The summed E-state index contributed by atoms with van der Waals surface area (Å²) in [6.07, 6.45) is 0.962. The van der Waals surface area contributed by atoms with Crippen LogP contribution in [0.2, 0.25) is 0 Å². The third kappa shape index (κ3) is 5.16. The highest BCUT2D eigenvalue weighted by Crippen LogP contribution is 2.26. The molecule has 1 aromatic heterocycles. The van der Waals surface area contributed by atoms with E-state index in [2.05, 4.69) is 17.3 Å². The SMILES string of the molecule is CCCC(NCc1cn(C)nc1C(F)F)c1ccc(Oc2ccccc2)cc1. The second kappa shape index (κ2) is 9.46. The monoisotopic (exact) mass is 385 g/mol. The molecule has 0 aliphatic heterocycles. The van der Waals surface area contributed by atoms with E-state index in [9.17, 15) is 8.78 Å². The number of ether oxygens (including phenoxy) is 1. The molecule has 3 aromatic rings. The summed E-state index contributed by atoms with van der Waals surface area (Å²) in [5, 5.41) is 7.27. The van der Waals surface area contributed by atoms with Crippen LogP contribution < -0.4 is 10.1 Å². The molecule has 0 radical (unpaired) electrons. The Hall–Kier alpha value is -2.73. The van der Waals surface area contributed by atoms with E-state index in [1.165, 1.54) is 4.68 Å². The van der Waals surface area contributed by atoms with Crippen LogP contribution in [0.1, 0.15) is 49.1 Å². The second-order valence-electron chi connectivity index (χ2n) is 6.72. The number of hydrogen-bond acceptors (Lipinski definition) is 3. The van der Waals surface area contributed by atoms with Gasteiger partial charge in [-0.1, -0.05) is 43.7 Å². The average molecular weight is 385 g/mol. The molecular weight excluding hydrogens is 360 g/mol. The molecule has 4 nitrogen and oxygen atoms in total. The molecule has 0 bridgehead atoms. The van der Waals surface area contributed by atoms with E-state index in [0.29, 0.717) is 12.1 Å². The van der Waals surface area contributed by atoms with Crippen molar-refractivity contribution in [2.45, 2.75) is 38.8 Å². The summed E-state index contributed by atoms with van der Waals surface area (Å²) in [5.41, 5.74) is 1.48. The van der Waals surface area contributed by atoms with Crippen LogP contribution in [0.3, 0.4) is 0 Å². The zero-order chi connectivity index (χ0) is 19.9. The molecule has 2 aromatic carbocycles. The second-order valence-corrected chi connectivity index (χ2v) is 6.72. The van der Waals surface area contributed by atoms with E-state index in [1.807, 2.05) is 54.6 Å². The van der Waals surface area contributed by atoms with Gasteiger partial charge in [0, 0.05) is 31.4 Å². The summed E-state index contributed by atoms with van der Waals surface area (Å²) < 4.78 is 33.6. The van der Waals surface area contributed by atoms with E-state index < -0.39 is 6.43 Å². The number of halogens is 2. The van der Waals surface area contributed by atoms with Crippen LogP contribution in [-0.2, 0) is 13.6 Å². The van der Waals surface area contributed by atoms with Gasteiger partial charge in [0.15, 0.2) is 0 Å². The summed E-state index contributed by atoms with van der Waals surface area (Å²) in [4.78, 5) is 0. The van der Waals surface area contributed by atoms with Gasteiger partial charge < -0.3 is 10.1 Å². The standard InChI is InChI=1S/C22H25F2N3O/c1-3-7-20(25-14-17-15-27(2)26-21(17)22(23)24)16-10-12-19(13-11-16)28-18-8-5-4-6-9-18/h4-6,8-13,15,20,22,25H,3,7,14H2,1-2H3. The maximum Gasteiger partial charge on any atom is 0.282 e. The van der Waals surface area contributed by atoms with Crippen molar-refractivity contribution in [3.8, 4) is 11.5 Å². The first kappa shape index (κ1) is 20.0. The molecule has 0 aliphatic rings. The summed E-state index contributed by atoms with van der Waals surface area (Å²) >= 11 is 0. The number of hydrogen-bond donors (Lipinski definition) is 1. The fourth-order valence-corrected chi connectivity index (χ4v) is 3.18. The van der Waals surface area contributed by atoms with Crippen LogP contribution in [0.5, 0.6) is 11.5 Å². The van der Waals surface area contributed by atoms with Gasteiger partial charge in [-0.2, -0.15) is 5.10 Å². The van der Waals surface area contributed by atoms with Crippen molar-refractivity contribution < 1.29 is 13.5 Å². The smallest absolute Gasteiger partial charge is 0.282 e. The predicted octanol–water partition coefficient (Wildman–Crippen LogP) is 5.78. The molecule has 0 saturated carbocycles. The van der Waals surface area contributed by atoms with E-state index >= 15 is 0 Å². The maximum absolute atomic E-state index is 13.1. The van der Waals surface area contributed by atoms with Crippen molar-refractivity contribution in [2.75, 3.05) is 0 Å². The molecule has 3 rings (SSSR count). The molecule has 148 valence electrons. The molecule has 1 unspecified atom stereocenters. The summed E-state index contributed by atoms with van der Waals surface area (Å²) in [5.74, 6) is 1.55. The largest absolute Gasteiger partial charge is 0.457 e. The molecular formula is C22H25F2N3O. The van der Waals surface area contributed by atoms with E-state index in [1.54, 1.807) is 13.2 Å². The molecule has 1 atom stereocenters. The molecule has 0 fully saturated rings. The molecule has 1 N–H and O–H groups in total. The fraction of sp³-hybridized carbons (Fsp3) is 0.318. The molecule has 6 heteroatoms. The zero-order valence-corrected chi connectivity index (χ0v) is 16.1. The van der Waals surface area contributed by atoms with E-state index in [4.69, 9.17) is 4.74 Å². The van der Waals surface area contributed by atoms with Gasteiger partial charge in [0.05, 0.1) is 0 Å². The Labute approximate surface area is 164 Å². The van der Waals surface area contributed by atoms with Gasteiger partial charge in [0.25, 0.3) is 6.43 Å². The number of rotatable bonds is 9. The van der Waals surface area contributed by atoms with Gasteiger partial charge in [0.1, 0.15) is 17.2 Å². The third-order valence-corrected chi connectivity index (χ3v) is 4.52. The first-order valence-corrected chi connectivity index (χ1v) is 9.43. The lowest BCUT2D eigenvalue weighted by Crippen LogP contribution is -2.21. The lowest BCUT2D eigenvalue weighted by Gasteiger charge is -2.19. The van der Waals surface area contributed by atoms with Crippen molar-refractivity contribution in [2.24, 2.45) is 7.05 Å². The Kier molecular flexibility index (Phi) is 6.76. The zero-order valence-electron chi connectivity index (χ0n) is 16.1. The molecule has 0 aliphatic carbocycles. The number of benzene rings is 2. The van der Waals surface area contributed by atoms with Crippen LogP contribution in [0, 0.1) is 0 Å². The predicted molar refractivity (Wildman–Crippen MR) is 106 cm³/mol. The van der Waals surface area contributed by atoms with Crippen molar-refractivity contribution in [1.82, 2.24) is 15.1 Å². The van der Waals surface area contributed by atoms with E-state index in [0.717, 1.165) is 29.9 Å². The number of alkyl halides is 2. The molecule has 0 saturated heterocycles. The van der Waals surface area contributed by atoms with Crippen LogP contribution in [0.4, 0.5) is 8.78 Å². The van der Waals surface area contributed by atoms with Crippen molar-refractivity contribution in [1.29, 1.82) is 0 Å². The number of nitrogens with one attached hydrogen (secondary N) is 1. The minimum Gasteiger partial charge on any atom is -0.457 e. The van der Waals surface area contributed by atoms with E-state index in [-0.39, 0.29) is 11.7 Å². The minimum atomic E-state index is -2.57. The first-order chi connectivity index (χ1) is 13.6. The van der Waals surface area contributed by atoms with Crippen LogP contribution >= 0.6 is 0 Å². The average Bonchev–Trinajstić information content (AvgIpc) is 3.08. The van der Waals surface area contributed by atoms with Gasteiger partial charge in [-0.15, -0.1) is 0 Å². The topological polar surface area (TPSA) is 39.1 Å². The number of aromatic nitrogens is 2. The Bertz CT molecular complexity index is 863. The lowest BCUT2D eigenvalue weighted by molar-refractivity contribution is 0.144. The summed E-state index contributed by atoms with van der Waals surface area (Å²) in [7, 11) is 1.66. The van der Waals surface area contributed by atoms with Crippen molar-refractivity contribution in [3.63, 3.8) is 0 Å².